The van der Waals surface area contributed by atoms with Crippen LogP contribution in [0.1, 0.15) is 38.5 Å². The summed E-state index contributed by atoms with van der Waals surface area (Å²) >= 11 is 9.11. The van der Waals surface area contributed by atoms with E-state index in [9.17, 15) is 0 Å². The minimum absolute atomic E-state index is 0.229. The molecule has 1 aromatic heterocycles. The monoisotopic (exact) mass is 304 g/mol. The number of ether oxygens (including phenoxy) is 1. The minimum atomic E-state index is 0.229. The summed E-state index contributed by atoms with van der Waals surface area (Å²) in [7, 11) is 0. The van der Waals surface area contributed by atoms with E-state index in [2.05, 4.69) is 25.9 Å². The quantitative estimate of drug-likeness (QED) is 0.612. The van der Waals surface area contributed by atoms with Gasteiger partial charge in [-0.25, -0.2) is 4.98 Å². The third kappa shape index (κ3) is 3.32. The van der Waals surface area contributed by atoms with E-state index in [-0.39, 0.29) is 11.4 Å². The van der Waals surface area contributed by atoms with Crippen molar-refractivity contribution >= 4 is 27.5 Å². The predicted octanol–water partition coefficient (Wildman–Crippen LogP) is 3.99. The third-order valence-electron chi connectivity index (χ3n) is 2.76. The molecule has 0 aromatic carbocycles. The van der Waals surface area contributed by atoms with E-state index in [1.807, 2.05) is 0 Å². The first-order valence-electron chi connectivity index (χ1n) is 5.60. The largest absolute Gasteiger partial charge is 0.473 e. The van der Waals surface area contributed by atoms with Crippen LogP contribution in [-0.2, 0) is 0 Å². The summed E-state index contributed by atoms with van der Waals surface area (Å²) in [5.41, 5.74) is 0. The smallest absolute Gasteiger partial charge is 0.232 e. The second kappa shape index (κ2) is 5.82. The fourth-order valence-electron chi connectivity index (χ4n) is 1.93. The molecule has 0 saturated heterocycles. The van der Waals surface area contributed by atoms with Crippen LogP contribution in [0.4, 0.5) is 0 Å². The van der Waals surface area contributed by atoms with Crippen molar-refractivity contribution < 1.29 is 4.74 Å². The molecule has 0 radical (unpaired) electrons. The van der Waals surface area contributed by atoms with Gasteiger partial charge in [0.15, 0.2) is 0 Å². The molecule has 0 bridgehead atoms. The highest BCUT2D eigenvalue weighted by Gasteiger charge is 2.16. The van der Waals surface area contributed by atoms with Gasteiger partial charge in [-0.3, -0.25) is 0 Å². The van der Waals surface area contributed by atoms with Gasteiger partial charge in [-0.1, -0.05) is 12.8 Å². The van der Waals surface area contributed by atoms with Crippen molar-refractivity contribution in [2.75, 3.05) is 0 Å². The summed E-state index contributed by atoms with van der Waals surface area (Å²) in [5.74, 6) is 0.562. The molecule has 1 aliphatic carbocycles. The molecule has 1 saturated carbocycles. The van der Waals surface area contributed by atoms with E-state index >= 15 is 0 Å². The van der Waals surface area contributed by atoms with Gasteiger partial charge in [0, 0.05) is 6.20 Å². The molecule has 1 heterocycles. The molecule has 1 aliphatic rings. The minimum Gasteiger partial charge on any atom is -0.473 e. The molecule has 0 unspecified atom stereocenters. The zero-order valence-electron chi connectivity index (χ0n) is 8.96. The first-order chi connectivity index (χ1) is 7.75. The van der Waals surface area contributed by atoms with E-state index in [0.29, 0.717) is 5.88 Å². The molecule has 0 N–H and O–H groups in total. The first-order valence-corrected chi connectivity index (χ1v) is 6.77. The Morgan fingerprint density at radius 2 is 1.94 bits per heavy atom. The van der Waals surface area contributed by atoms with Crippen LogP contribution in [0.2, 0.25) is 5.28 Å². The lowest BCUT2D eigenvalue weighted by molar-refractivity contribution is 0.174. The second-order valence-electron chi connectivity index (χ2n) is 4.02. The van der Waals surface area contributed by atoms with Gasteiger partial charge in [0.05, 0.1) is 4.47 Å². The van der Waals surface area contributed by atoms with Crippen molar-refractivity contribution in [2.45, 2.75) is 44.6 Å². The van der Waals surface area contributed by atoms with E-state index in [4.69, 9.17) is 16.3 Å². The highest BCUT2D eigenvalue weighted by atomic mass is 79.9. The number of rotatable bonds is 2. The molecule has 1 aromatic rings. The molecule has 0 amide bonds. The second-order valence-corrected chi connectivity index (χ2v) is 5.22. The van der Waals surface area contributed by atoms with E-state index in [1.165, 1.54) is 25.7 Å². The Morgan fingerprint density at radius 1 is 1.25 bits per heavy atom. The number of nitrogens with zero attached hydrogens (tertiary/aromatic N) is 2. The van der Waals surface area contributed by atoms with Crippen LogP contribution in [0, 0.1) is 0 Å². The lowest BCUT2D eigenvalue weighted by Gasteiger charge is -2.16. The lowest BCUT2D eigenvalue weighted by atomic mass is 10.1. The van der Waals surface area contributed by atoms with Gasteiger partial charge in [0.25, 0.3) is 0 Å². The first kappa shape index (κ1) is 12.1. The fourth-order valence-corrected chi connectivity index (χ4v) is 2.34. The summed E-state index contributed by atoms with van der Waals surface area (Å²) in [6.07, 6.45) is 9.20. The molecule has 16 heavy (non-hydrogen) atoms. The van der Waals surface area contributed by atoms with Crippen molar-refractivity contribution in [3.8, 4) is 5.88 Å². The Labute approximate surface area is 109 Å². The van der Waals surface area contributed by atoms with Gasteiger partial charge >= 0.3 is 0 Å². The molecule has 88 valence electrons. The van der Waals surface area contributed by atoms with Crippen molar-refractivity contribution in [2.24, 2.45) is 0 Å². The van der Waals surface area contributed by atoms with Crippen LogP contribution in [0.25, 0.3) is 0 Å². The Bertz CT molecular complexity index is 354. The highest BCUT2D eigenvalue weighted by Crippen LogP contribution is 2.27. The number of hydrogen-bond acceptors (Lipinski definition) is 3. The maximum absolute atomic E-state index is 5.86. The van der Waals surface area contributed by atoms with Crippen LogP contribution >= 0.6 is 27.5 Å². The van der Waals surface area contributed by atoms with E-state index in [0.717, 1.165) is 17.3 Å². The zero-order chi connectivity index (χ0) is 11.4. The average Bonchev–Trinajstić information content (AvgIpc) is 2.52. The average molecular weight is 306 g/mol. The molecule has 0 atom stereocenters. The SMILES string of the molecule is Clc1ncc(Br)c(OC2CCCCCC2)n1. The fraction of sp³-hybridized carbons (Fsp3) is 0.636. The predicted molar refractivity (Wildman–Crippen MR) is 66.9 cm³/mol. The number of aromatic nitrogens is 2. The summed E-state index contributed by atoms with van der Waals surface area (Å²) in [6, 6.07) is 0. The molecule has 0 aliphatic heterocycles. The Morgan fingerprint density at radius 3 is 2.62 bits per heavy atom. The molecule has 1 fully saturated rings. The molecule has 3 nitrogen and oxygen atoms in total. The molecular weight excluding hydrogens is 291 g/mol. The third-order valence-corrected chi connectivity index (χ3v) is 3.49. The van der Waals surface area contributed by atoms with Gasteiger partial charge in [0.2, 0.25) is 11.2 Å². The van der Waals surface area contributed by atoms with Crippen LogP contribution < -0.4 is 4.74 Å². The Hall–Kier alpha value is -0.350. The molecule has 5 heteroatoms. The molecule has 0 spiro atoms. The topological polar surface area (TPSA) is 35.0 Å². The standard InChI is InChI=1S/C11H14BrClN2O/c12-9-7-14-11(13)15-10(9)16-8-5-3-1-2-4-6-8/h7-8H,1-6H2. The van der Waals surface area contributed by atoms with Gasteiger partial charge in [0.1, 0.15) is 6.10 Å². The van der Waals surface area contributed by atoms with Crippen LogP contribution in [0.3, 0.4) is 0 Å². The highest BCUT2D eigenvalue weighted by molar-refractivity contribution is 9.10. The normalized spacial score (nSPS) is 18.1. The van der Waals surface area contributed by atoms with Crippen molar-refractivity contribution in [1.82, 2.24) is 9.97 Å². The summed E-state index contributed by atoms with van der Waals surface area (Å²) in [6.45, 7) is 0. The van der Waals surface area contributed by atoms with Crippen LogP contribution in [-0.4, -0.2) is 16.1 Å². The number of halogens is 2. The lowest BCUT2D eigenvalue weighted by Crippen LogP contribution is -2.16. The van der Waals surface area contributed by atoms with E-state index in [1.54, 1.807) is 6.20 Å². The summed E-state index contributed by atoms with van der Waals surface area (Å²) in [5, 5.41) is 0.229. The zero-order valence-corrected chi connectivity index (χ0v) is 11.3. The molecular formula is C11H14BrClN2O. The van der Waals surface area contributed by atoms with Crippen LogP contribution in [0.15, 0.2) is 10.7 Å². The van der Waals surface area contributed by atoms with Crippen molar-refractivity contribution in [3.63, 3.8) is 0 Å². The molecule has 2 rings (SSSR count). The van der Waals surface area contributed by atoms with Crippen molar-refractivity contribution in [3.05, 3.63) is 16.0 Å². The van der Waals surface area contributed by atoms with Crippen molar-refractivity contribution in [1.29, 1.82) is 0 Å². The maximum atomic E-state index is 5.86. The Kier molecular flexibility index (Phi) is 4.41. The van der Waals surface area contributed by atoms with Gasteiger partial charge in [-0.15, -0.1) is 0 Å². The van der Waals surface area contributed by atoms with E-state index < -0.39 is 0 Å². The van der Waals surface area contributed by atoms with Gasteiger partial charge < -0.3 is 4.74 Å². The summed E-state index contributed by atoms with van der Waals surface area (Å²) < 4.78 is 6.63. The van der Waals surface area contributed by atoms with Crippen LogP contribution in [0.5, 0.6) is 5.88 Å². The maximum Gasteiger partial charge on any atom is 0.232 e. The van der Waals surface area contributed by atoms with Gasteiger partial charge in [-0.2, -0.15) is 4.98 Å². The number of hydrogen-bond donors (Lipinski definition) is 0. The Balaban J connectivity index is 2.04. The van der Waals surface area contributed by atoms with Gasteiger partial charge in [-0.05, 0) is 53.2 Å². The summed E-state index contributed by atoms with van der Waals surface area (Å²) in [4.78, 5) is 7.96.